The van der Waals surface area contributed by atoms with Crippen LogP contribution in [-0.4, -0.2) is 22.7 Å². The zero-order valence-corrected chi connectivity index (χ0v) is 13.1. The van der Waals surface area contributed by atoms with Crippen LogP contribution >= 0.6 is 0 Å². The number of nitrogens with one attached hydrogen (secondary N) is 1. The number of hydrazone groups is 1. The number of amides is 1. The lowest BCUT2D eigenvalue weighted by molar-refractivity contribution is 0.0659. The lowest BCUT2D eigenvalue weighted by Crippen LogP contribution is -2.22. The van der Waals surface area contributed by atoms with Gasteiger partial charge in [0.05, 0.1) is 5.71 Å². The van der Waals surface area contributed by atoms with Crippen LogP contribution in [0.5, 0.6) is 0 Å². The van der Waals surface area contributed by atoms with Crippen molar-refractivity contribution in [2.45, 2.75) is 26.2 Å². The SMILES string of the molecule is Cc1c(C(=O)O)oc2c1C(=NNC(=O)c1ccc(N)cc1)CCC2. The van der Waals surface area contributed by atoms with Gasteiger partial charge in [0.1, 0.15) is 5.76 Å². The number of hydrogen-bond donors (Lipinski definition) is 3. The van der Waals surface area contributed by atoms with Gasteiger partial charge in [0.2, 0.25) is 5.76 Å². The van der Waals surface area contributed by atoms with Crippen molar-refractivity contribution in [3.8, 4) is 0 Å². The minimum absolute atomic E-state index is 0.0699. The summed E-state index contributed by atoms with van der Waals surface area (Å²) in [5.74, 6) is -0.919. The number of aromatic carboxylic acids is 1. The van der Waals surface area contributed by atoms with E-state index in [1.54, 1.807) is 31.2 Å². The summed E-state index contributed by atoms with van der Waals surface area (Å²) < 4.78 is 5.43. The van der Waals surface area contributed by atoms with Crippen molar-refractivity contribution in [2.75, 3.05) is 5.73 Å². The highest BCUT2D eigenvalue weighted by Crippen LogP contribution is 2.29. The third-order valence-corrected chi connectivity index (χ3v) is 3.99. The number of benzene rings is 1. The Morgan fingerprint density at radius 2 is 1.96 bits per heavy atom. The first-order valence-electron chi connectivity index (χ1n) is 7.55. The van der Waals surface area contributed by atoms with Gasteiger partial charge in [0.15, 0.2) is 0 Å². The summed E-state index contributed by atoms with van der Waals surface area (Å²) in [6.07, 6.45) is 2.10. The van der Waals surface area contributed by atoms with Crippen LogP contribution in [-0.2, 0) is 6.42 Å². The second kappa shape index (κ2) is 6.19. The Hall–Kier alpha value is -3.09. The molecule has 7 nitrogen and oxygen atoms in total. The summed E-state index contributed by atoms with van der Waals surface area (Å²) in [4.78, 5) is 23.3. The topological polar surface area (TPSA) is 118 Å². The van der Waals surface area contributed by atoms with Gasteiger partial charge in [-0.2, -0.15) is 5.10 Å². The molecule has 24 heavy (non-hydrogen) atoms. The minimum Gasteiger partial charge on any atom is -0.475 e. The van der Waals surface area contributed by atoms with E-state index in [0.717, 1.165) is 6.42 Å². The number of nitrogens with zero attached hydrogens (tertiary/aromatic N) is 1. The molecule has 0 bridgehead atoms. The molecule has 3 rings (SSSR count). The number of carboxylic acid groups (broad SMARTS) is 1. The number of carbonyl (C=O) groups excluding carboxylic acids is 1. The Kier molecular flexibility index (Phi) is 4.07. The van der Waals surface area contributed by atoms with E-state index < -0.39 is 5.97 Å². The number of carbonyl (C=O) groups is 2. The molecule has 0 spiro atoms. The number of anilines is 1. The smallest absolute Gasteiger partial charge is 0.372 e. The van der Waals surface area contributed by atoms with Crippen molar-refractivity contribution in [3.63, 3.8) is 0 Å². The molecule has 0 aliphatic heterocycles. The molecule has 0 fully saturated rings. The standard InChI is InChI=1S/C17H17N3O4/c1-9-14-12(3-2-4-13(14)24-15(9)17(22)23)19-20-16(21)10-5-7-11(18)8-6-10/h5-8H,2-4,18H2,1H3,(H,20,21)(H,22,23). The van der Waals surface area contributed by atoms with E-state index >= 15 is 0 Å². The van der Waals surface area contributed by atoms with E-state index in [0.29, 0.717) is 46.7 Å². The molecule has 1 heterocycles. The highest BCUT2D eigenvalue weighted by atomic mass is 16.4. The van der Waals surface area contributed by atoms with Crippen LogP contribution in [0.3, 0.4) is 0 Å². The third kappa shape index (κ3) is 2.88. The average molecular weight is 327 g/mol. The fourth-order valence-electron chi connectivity index (χ4n) is 2.80. The van der Waals surface area contributed by atoms with E-state index in [2.05, 4.69) is 10.5 Å². The third-order valence-electron chi connectivity index (χ3n) is 3.99. The number of carboxylic acids is 1. The molecule has 4 N–H and O–H groups in total. The summed E-state index contributed by atoms with van der Waals surface area (Å²) in [6, 6.07) is 6.51. The van der Waals surface area contributed by atoms with Crippen molar-refractivity contribution < 1.29 is 19.1 Å². The van der Waals surface area contributed by atoms with Crippen LogP contribution in [0.4, 0.5) is 5.69 Å². The highest BCUT2D eigenvalue weighted by molar-refractivity contribution is 6.06. The normalized spacial score (nSPS) is 15.1. The van der Waals surface area contributed by atoms with Gasteiger partial charge in [-0.25, -0.2) is 10.2 Å². The van der Waals surface area contributed by atoms with Crippen LogP contribution in [0.2, 0.25) is 0 Å². The summed E-state index contributed by atoms with van der Waals surface area (Å²) in [6.45, 7) is 1.69. The predicted molar refractivity (Wildman–Crippen MR) is 88.2 cm³/mol. The number of nitrogens with two attached hydrogens (primary N) is 1. The molecule has 0 unspecified atom stereocenters. The van der Waals surface area contributed by atoms with Crippen LogP contribution in [0.15, 0.2) is 33.8 Å². The van der Waals surface area contributed by atoms with Crippen molar-refractivity contribution in [1.82, 2.24) is 5.43 Å². The van der Waals surface area contributed by atoms with Gasteiger partial charge in [0, 0.05) is 28.8 Å². The molecular weight excluding hydrogens is 310 g/mol. The highest BCUT2D eigenvalue weighted by Gasteiger charge is 2.27. The molecule has 1 aliphatic rings. The Morgan fingerprint density at radius 1 is 1.25 bits per heavy atom. The Balaban J connectivity index is 1.86. The van der Waals surface area contributed by atoms with E-state index in [1.165, 1.54) is 0 Å². The number of aryl methyl sites for hydroxylation is 1. The van der Waals surface area contributed by atoms with E-state index in [9.17, 15) is 14.7 Å². The van der Waals surface area contributed by atoms with Crippen LogP contribution in [0.25, 0.3) is 0 Å². The number of nitrogen functional groups attached to an aromatic ring is 1. The van der Waals surface area contributed by atoms with Gasteiger partial charge in [-0.1, -0.05) is 0 Å². The van der Waals surface area contributed by atoms with Crippen molar-refractivity contribution in [3.05, 3.63) is 52.5 Å². The monoisotopic (exact) mass is 327 g/mol. The first-order valence-corrected chi connectivity index (χ1v) is 7.55. The van der Waals surface area contributed by atoms with Crippen molar-refractivity contribution >= 4 is 23.3 Å². The zero-order chi connectivity index (χ0) is 17.3. The molecule has 0 saturated heterocycles. The maximum Gasteiger partial charge on any atom is 0.372 e. The Morgan fingerprint density at radius 3 is 2.62 bits per heavy atom. The van der Waals surface area contributed by atoms with Crippen LogP contribution in [0.1, 0.15) is 50.6 Å². The van der Waals surface area contributed by atoms with Gasteiger partial charge >= 0.3 is 5.97 Å². The molecule has 7 heteroatoms. The fraction of sp³-hybridized carbons (Fsp3) is 0.235. The summed E-state index contributed by atoms with van der Waals surface area (Å²) in [5.41, 5.74) is 11.0. The lowest BCUT2D eigenvalue weighted by Gasteiger charge is -2.13. The molecule has 1 aliphatic carbocycles. The molecule has 0 saturated carbocycles. The number of hydrogen-bond acceptors (Lipinski definition) is 5. The maximum absolute atomic E-state index is 12.1. The van der Waals surface area contributed by atoms with Gasteiger partial charge < -0.3 is 15.3 Å². The van der Waals surface area contributed by atoms with Crippen LogP contribution < -0.4 is 11.2 Å². The predicted octanol–water partition coefficient (Wildman–Crippen LogP) is 2.34. The summed E-state index contributed by atoms with van der Waals surface area (Å²) in [5, 5.41) is 13.4. The molecule has 1 amide bonds. The number of furan rings is 1. The average Bonchev–Trinajstić information content (AvgIpc) is 2.91. The maximum atomic E-state index is 12.1. The summed E-state index contributed by atoms with van der Waals surface area (Å²) >= 11 is 0. The molecule has 2 aromatic rings. The molecule has 0 radical (unpaired) electrons. The lowest BCUT2D eigenvalue weighted by atomic mass is 9.93. The number of fused-ring (bicyclic) bond motifs is 1. The van der Waals surface area contributed by atoms with Crippen molar-refractivity contribution in [2.24, 2.45) is 5.10 Å². The minimum atomic E-state index is -1.10. The molecule has 0 atom stereocenters. The molecule has 1 aromatic carbocycles. The van der Waals surface area contributed by atoms with E-state index in [-0.39, 0.29) is 11.7 Å². The fourth-order valence-corrected chi connectivity index (χ4v) is 2.80. The van der Waals surface area contributed by atoms with Crippen molar-refractivity contribution in [1.29, 1.82) is 0 Å². The van der Waals surface area contributed by atoms with E-state index in [4.69, 9.17) is 10.2 Å². The molecule has 1 aromatic heterocycles. The number of rotatable bonds is 3. The van der Waals surface area contributed by atoms with Gasteiger partial charge in [0.25, 0.3) is 5.91 Å². The zero-order valence-electron chi connectivity index (χ0n) is 13.1. The largest absolute Gasteiger partial charge is 0.475 e. The van der Waals surface area contributed by atoms with Gasteiger partial charge in [-0.3, -0.25) is 4.79 Å². The van der Waals surface area contributed by atoms with Gasteiger partial charge in [-0.15, -0.1) is 0 Å². The second-order valence-electron chi connectivity index (χ2n) is 5.63. The molecule has 124 valence electrons. The van der Waals surface area contributed by atoms with Crippen LogP contribution in [0, 0.1) is 6.92 Å². The Bertz CT molecular complexity index is 834. The second-order valence-corrected chi connectivity index (χ2v) is 5.63. The first-order chi connectivity index (χ1) is 11.5. The quantitative estimate of drug-likeness (QED) is 0.590. The van der Waals surface area contributed by atoms with Gasteiger partial charge in [-0.05, 0) is 44.0 Å². The molecular formula is C17H17N3O4. The first kappa shape index (κ1) is 15.8. The Labute approximate surface area is 138 Å². The summed E-state index contributed by atoms with van der Waals surface area (Å²) in [7, 11) is 0. The van der Waals surface area contributed by atoms with E-state index in [1.807, 2.05) is 0 Å².